The molecule has 0 bridgehead atoms. The van der Waals surface area contributed by atoms with Crippen molar-refractivity contribution >= 4 is 45.1 Å². The van der Waals surface area contributed by atoms with E-state index >= 15 is 0 Å². The first-order valence-electron chi connectivity index (χ1n) is 12.0. The number of pyridine rings is 1. The minimum Gasteiger partial charge on any atom is -0.486 e. The topological polar surface area (TPSA) is 62.7 Å². The fraction of sp³-hybridized carbons (Fsp3) is 0.423. The molecule has 1 saturated carbocycles. The number of benzene rings is 1. The van der Waals surface area contributed by atoms with Crippen molar-refractivity contribution in [3.63, 3.8) is 0 Å². The Balaban J connectivity index is 1.37. The number of ether oxygens (including phenoxy) is 1. The fourth-order valence-electron chi connectivity index (χ4n) is 5.51. The second kappa shape index (κ2) is 8.75. The van der Waals surface area contributed by atoms with Crippen LogP contribution >= 0.6 is 22.9 Å². The van der Waals surface area contributed by atoms with E-state index in [-0.39, 0.29) is 24.5 Å². The highest BCUT2D eigenvalue weighted by Crippen LogP contribution is 2.43. The molecule has 0 N–H and O–H groups in total. The zero-order chi connectivity index (χ0) is 24.3. The van der Waals surface area contributed by atoms with Gasteiger partial charge in [0.15, 0.2) is 0 Å². The zero-order valence-corrected chi connectivity index (χ0v) is 20.9. The molecule has 2 aromatic heterocycles. The van der Waals surface area contributed by atoms with Crippen LogP contribution in [0.5, 0.6) is 5.75 Å². The molecule has 1 aromatic carbocycles. The number of carbonyl (C=O) groups excluding carboxylic acids is 2. The number of alkyl halides is 1. The number of aromatic nitrogens is 1. The summed E-state index contributed by atoms with van der Waals surface area (Å²) in [5.41, 5.74) is 3.31. The molecule has 0 spiro atoms. The smallest absolute Gasteiger partial charge is 0.327 e. The molecule has 6 nitrogen and oxygen atoms in total. The van der Waals surface area contributed by atoms with Gasteiger partial charge in [0.2, 0.25) is 0 Å². The van der Waals surface area contributed by atoms with Gasteiger partial charge in [-0.3, -0.25) is 14.7 Å². The predicted molar refractivity (Wildman–Crippen MR) is 134 cm³/mol. The fourth-order valence-corrected chi connectivity index (χ4v) is 6.92. The third-order valence-corrected chi connectivity index (χ3v) is 8.59. The van der Waals surface area contributed by atoms with Gasteiger partial charge >= 0.3 is 6.03 Å². The molecule has 182 valence electrons. The molecule has 3 fully saturated rings. The molecule has 1 aliphatic carbocycles. The Hall–Kier alpha value is -2.71. The summed E-state index contributed by atoms with van der Waals surface area (Å²) >= 11 is 7.94. The van der Waals surface area contributed by atoms with Gasteiger partial charge in [-0.2, -0.15) is 0 Å². The van der Waals surface area contributed by atoms with Gasteiger partial charge < -0.3 is 9.64 Å². The van der Waals surface area contributed by atoms with E-state index in [2.05, 4.69) is 4.98 Å². The number of hydrogen-bond acceptors (Lipinski definition) is 5. The molecule has 3 aliphatic rings. The zero-order valence-electron chi connectivity index (χ0n) is 19.3. The van der Waals surface area contributed by atoms with Gasteiger partial charge in [-0.25, -0.2) is 9.18 Å². The third-order valence-electron chi connectivity index (χ3n) is 7.23. The van der Waals surface area contributed by atoms with Crippen LogP contribution in [0, 0.1) is 6.92 Å². The first-order valence-corrected chi connectivity index (χ1v) is 13.2. The average Bonchev–Trinajstić information content (AvgIpc) is 3.60. The first kappa shape index (κ1) is 22.7. The van der Waals surface area contributed by atoms with Crippen LogP contribution in [0.25, 0.3) is 21.3 Å². The molecule has 9 heteroatoms. The van der Waals surface area contributed by atoms with Gasteiger partial charge in [0.05, 0.1) is 16.8 Å². The second-order valence-corrected chi connectivity index (χ2v) is 11.1. The number of nitrogens with zero attached hydrogens (tertiary/aromatic N) is 3. The summed E-state index contributed by atoms with van der Waals surface area (Å²) in [6, 6.07) is 7.00. The number of aryl methyl sites for hydroxylation is 1. The number of halogens is 2. The van der Waals surface area contributed by atoms with Crippen LogP contribution in [0.15, 0.2) is 30.5 Å². The summed E-state index contributed by atoms with van der Waals surface area (Å²) in [4.78, 5) is 34.0. The highest BCUT2D eigenvalue weighted by atomic mass is 35.5. The maximum Gasteiger partial charge on any atom is 0.327 e. The van der Waals surface area contributed by atoms with Crippen molar-refractivity contribution in [2.45, 2.75) is 63.9 Å². The van der Waals surface area contributed by atoms with Crippen LogP contribution in [0.2, 0.25) is 5.02 Å². The lowest BCUT2D eigenvalue weighted by Gasteiger charge is -2.21. The van der Waals surface area contributed by atoms with E-state index in [0.717, 1.165) is 51.0 Å². The second-order valence-electron chi connectivity index (χ2n) is 9.55. The predicted octanol–water partition coefficient (Wildman–Crippen LogP) is 6.12. The number of thiophene rings is 1. The van der Waals surface area contributed by atoms with Crippen molar-refractivity contribution in [2.75, 3.05) is 6.54 Å². The molecule has 35 heavy (non-hydrogen) atoms. The first-order chi connectivity index (χ1) is 16.9. The monoisotopic (exact) mass is 513 g/mol. The Morgan fingerprint density at radius 1 is 1.17 bits per heavy atom. The summed E-state index contributed by atoms with van der Waals surface area (Å²) in [7, 11) is 0. The van der Waals surface area contributed by atoms with Gasteiger partial charge in [0, 0.05) is 33.8 Å². The summed E-state index contributed by atoms with van der Waals surface area (Å²) < 4.78 is 21.5. The summed E-state index contributed by atoms with van der Waals surface area (Å²) in [6.45, 7) is 2.79. The van der Waals surface area contributed by atoms with Crippen molar-refractivity contribution in [3.05, 3.63) is 45.9 Å². The van der Waals surface area contributed by atoms with Crippen LogP contribution in [-0.2, 0) is 11.3 Å². The molecule has 3 amide bonds. The molecule has 0 radical (unpaired) electrons. The molecule has 2 saturated heterocycles. The van der Waals surface area contributed by atoms with E-state index in [9.17, 15) is 14.0 Å². The van der Waals surface area contributed by atoms with E-state index in [1.807, 2.05) is 31.2 Å². The van der Waals surface area contributed by atoms with E-state index in [1.165, 1.54) is 16.2 Å². The van der Waals surface area contributed by atoms with E-state index in [1.54, 1.807) is 11.1 Å². The summed E-state index contributed by atoms with van der Waals surface area (Å²) in [5.74, 6) is 0.522. The minimum atomic E-state index is -0.977. The van der Waals surface area contributed by atoms with Crippen LogP contribution in [0.4, 0.5) is 9.18 Å². The number of imide groups is 1. The molecule has 3 aromatic rings. The third kappa shape index (κ3) is 3.87. The largest absolute Gasteiger partial charge is 0.486 e. The lowest BCUT2D eigenvalue weighted by atomic mass is 10.0. The molecule has 1 unspecified atom stereocenters. The lowest BCUT2D eigenvalue weighted by Crippen LogP contribution is -2.32. The van der Waals surface area contributed by atoms with Crippen molar-refractivity contribution in [2.24, 2.45) is 0 Å². The number of urea groups is 1. The Kier molecular flexibility index (Phi) is 5.68. The molecule has 2 aliphatic heterocycles. The average molecular weight is 514 g/mol. The highest BCUT2D eigenvalue weighted by molar-refractivity contribution is 7.19. The van der Waals surface area contributed by atoms with Crippen LogP contribution < -0.4 is 4.74 Å². The summed E-state index contributed by atoms with van der Waals surface area (Å²) in [6.07, 6.45) is 3.91. The maximum atomic E-state index is 14.4. The Morgan fingerprint density at radius 2 is 2.03 bits per heavy atom. The maximum absolute atomic E-state index is 14.4. The Labute approximate surface area is 211 Å². The number of rotatable bonds is 5. The number of amides is 3. The van der Waals surface area contributed by atoms with E-state index in [4.69, 9.17) is 16.3 Å². The molecule has 6 rings (SSSR count). The van der Waals surface area contributed by atoms with Crippen LogP contribution in [0.3, 0.4) is 0 Å². The van der Waals surface area contributed by atoms with Gasteiger partial charge in [-0.15, -0.1) is 11.3 Å². The van der Waals surface area contributed by atoms with Crippen LogP contribution in [0.1, 0.15) is 42.5 Å². The number of carbonyl (C=O) groups is 2. The van der Waals surface area contributed by atoms with Crippen molar-refractivity contribution < 1.29 is 18.7 Å². The number of fused-ring (bicyclic) bond motifs is 2. The van der Waals surface area contributed by atoms with Gasteiger partial charge in [0.1, 0.15) is 24.1 Å². The Bertz CT molecular complexity index is 1320. The molecular weight excluding hydrogens is 489 g/mol. The van der Waals surface area contributed by atoms with Gasteiger partial charge in [-0.1, -0.05) is 11.6 Å². The van der Waals surface area contributed by atoms with Gasteiger partial charge in [-0.05, 0) is 68.9 Å². The van der Waals surface area contributed by atoms with E-state index in [0.29, 0.717) is 30.2 Å². The van der Waals surface area contributed by atoms with Crippen LogP contribution in [-0.4, -0.2) is 51.6 Å². The van der Waals surface area contributed by atoms with E-state index < -0.39 is 12.3 Å². The molecular formula is C26H25ClFN3O3S. The summed E-state index contributed by atoms with van der Waals surface area (Å²) in [5, 5.41) is 0.573. The molecule has 3 atom stereocenters. The van der Waals surface area contributed by atoms with Crippen molar-refractivity contribution in [3.8, 4) is 16.9 Å². The lowest BCUT2D eigenvalue weighted by molar-refractivity contribution is -0.128. The van der Waals surface area contributed by atoms with Gasteiger partial charge in [0.25, 0.3) is 5.91 Å². The normalized spacial score (nSPS) is 24.1. The SMILES string of the molecule is Cc1cc(Cl)cc(-c2ccnc3cc(CN4C(=O)C5CCCN5C4=O)sc23)c1O[C@@H]1CCC[C@@H]1F. The van der Waals surface area contributed by atoms with Crippen molar-refractivity contribution in [1.29, 1.82) is 0 Å². The molecule has 4 heterocycles. The quantitative estimate of drug-likeness (QED) is 0.385. The van der Waals surface area contributed by atoms with Crippen molar-refractivity contribution in [1.82, 2.24) is 14.8 Å². The highest BCUT2D eigenvalue weighted by Gasteiger charge is 2.47. The minimum absolute atomic E-state index is 0.114. The number of hydrogen-bond donors (Lipinski definition) is 0. The standard InChI is InChI=1S/C26H25ClFN3O3S/c1-14-10-15(27)11-18(23(14)34-22-6-2-4-19(22)28)17-7-8-29-20-12-16(35-24(17)20)13-31-25(32)21-5-3-9-30(21)26(31)33/h7-8,10-12,19,21-22H,2-6,9,13H2,1H3/t19-,21?,22+/m0/s1. The Morgan fingerprint density at radius 3 is 2.80 bits per heavy atom.